The highest BCUT2D eigenvalue weighted by Gasteiger charge is 2.54. The minimum absolute atomic E-state index is 0.357. The number of phosphoric ester groups is 2. The minimum atomic E-state index is -4.95. The third-order valence-electron chi connectivity index (χ3n) is 25.4. The van der Waals surface area contributed by atoms with Gasteiger partial charge in [-0.05, 0) is 126 Å². The molecule has 2 heterocycles. The van der Waals surface area contributed by atoms with E-state index in [9.17, 15) is 9.79 Å². The van der Waals surface area contributed by atoms with Crippen molar-refractivity contribution in [3.8, 4) is 45.3 Å². The van der Waals surface area contributed by atoms with Gasteiger partial charge in [-0.25, -0.2) is 9.13 Å². The Bertz CT molecular complexity index is 6260. The predicted molar refractivity (Wildman–Crippen MR) is 530 cm³/mol. The zero-order valence-corrected chi connectivity index (χ0v) is 74.2. The fourth-order valence-corrected chi connectivity index (χ4v) is 42.1. The van der Waals surface area contributed by atoms with Gasteiger partial charge in [0.25, 0.3) is 0 Å². The molecule has 2 N–H and O–H groups in total. The Morgan fingerprint density at radius 3 is 0.421 bits per heavy atom. The summed E-state index contributed by atoms with van der Waals surface area (Å²) in [7, 11) is -23.4. The molecule has 0 saturated heterocycles. The van der Waals surface area contributed by atoms with Crippen molar-refractivity contribution in [2.75, 3.05) is 0 Å². The van der Waals surface area contributed by atoms with Crippen LogP contribution in [0.1, 0.15) is 0 Å². The summed E-state index contributed by atoms with van der Waals surface area (Å²) in [5.74, 6) is 1.43. The van der Waals surface area contributed by atoms with Gasteiger partial charge in [-0.2, -0.15) is 0 Å². The van der Waals surface area contributed by atoms with Crippen LogP contribution in [0.25, 0.3) is 65.3 Å². The van der Waals surface area contributed by atoms with Crippen molar-refractivity contribution < 1.29 is 37.0 Å². The molecular weight excluding hydrogens is 1650 g/mol. The summed E-state index contributed by atoms with van der Waals surface area (Å²) >= 11 is 0. The lowest BCUT2D eigenvalue weighted by atomic mass is 9.92. The van der Waals surface area contributed by atoms with E-state index < -0.39 is 47.9 Å². The van der Waals surface area contributed by atoms with Gasteiger partial charge in [0.15, 0.2) is 32.3 Å². The first-order valence-corrected chi connectivity index (χ1v) is 53.3. The van der Waals surface area contributed by atoms with E-state index in [1.54, 1.807) is 0 Å². The van der Waals surface area contributed by atoms with Crippen molar-refractivity contribution in [1.29, 1.82) is 0 Å². The Morgan fingerprint density at radius 1 is 0.167 bits per heavy atom. The van der Waals surface area contributed by atoms with Gasteiger partial charge in [-0.3, -0.25) is 9.79 Å². The molecule has 0 spiro atoms. The Morgan fingerprint density at radius 2 is 0.286 bits per heavy atom. The van der Waals surface area contributed by atoms with Crippen LogP contribution in [0.4, 0.5) is 0 Å². The van der Waals surface area contributed by atoms with E-state index in [1.165, 1.54) is 0 Å². The third-order valence-corrected chi connectivity index (χ3v) is 46.2. The normalized spacial score (nSPS) is 13.3. The first-order chi connectivity index (χ1) is 62.0. The van der Waals surface area contributed by atoms with Crippen LogP contribution in [0, 0.1) is 0 Å². The van der Waals surface area contributed by atoms with Crippen LogP contribution in [-0.4, -0.2) is 42.1 Å². The van der Waals surface area contributed by atoms with Crippen molar-refractivity contribution in [2.45, 2.75) is 0 Å². The molecule has 0 saturated carbocycles. The summed E-state index contributed by atoms with van der Waals surface area (Å²) in [6.45, 7) is 0. The van der Waals surface area contributed by atoms with Crippen LogP contribution < -0.4 is 101 Å². The summed E-state index contributed by atoms with van der Waals surface area (Å²) in [6.07, 6.45) is 0. The van der Waals surface area contributed by atoms with Crippen molar-refractivity contribution in [1.82, 2.24) is 0 Å². The average molecular weight is 1730 g/mol. The molecule has 0 bridgehead atoms. The van der Waals surface area contributed by atoms with Gasteiger partial charge in [-0.1, -0.05) is 485 Å². The molecule has 0 fully saturated rings. The summed E-state index contributed by atoms with van der Waals surface area (Å²) in [6, 6.07) is 169. The lowest BCUT2D eigenvalue weighted by Crippen LogP contribution is -2.75. The van der Waals surface area contributed by atoms with Crippen LogP contribution in [0.15, 0.2) is 485 Å². The Labute approximate surface area is 736 Å². The van der Waals surface area contributed by atoms with Gasteiger partial charge >= 0.3 is 15.6 Å². The Balaban J connectivity index is 0.000000154. The molecule has 22 rings (SSSR count). The molecule has 8 nitrogen and oxygen atoms in total. The number of rotatable bonds is 16. The van der Waals surface area contributed by atoms with E-state index >= 15 is 9.13 Å². The highest BCUT2D eigenvalue weighted by atomic mass is 31.2. The van der Waals surface area contributed by atoms with E-state index in [4.69, 9.17) is 18.1 Å². The summed E-state index contributed by atoms with van der Waals surface area (Å²) in [4.78, 5) is 25.1. The van der Waals surface area contributed by atoms with Gasteiger partial charge in [0.2, 0.25) is 0 Å². The number of hydrogen-bond acceptors (Lipinski definition) is 6. The molecule has 0 aliphatic carbocycles. The zero-order chi connectivity index (χ0) is 84.9. The second-order valence-corrected chi connectivity index (χ2v) is 49.8. The Hall–Kier alpha value is -14.1. The van der Waals surface area contributed by atoms with Crippen molar-refractivity contribution >= 4 is 174 Å². The molecule has 14 heteroatoms. The highest BCUT2D eigenvalue weighted by Crippen LogP contribution is 2.59. The fraction of sp³-hybridized carbons (Fsp3) is 0. The van der Waals surface area contributed by atoms with Crippen molar-refractivity contribution in [3.05, 3.63) is 485 Å². The molecule has 0 aromatic heterocycles. The number of phosphoric acid groups is 2. The van der Waals surface area contributed by atoms with Crippen LogP contribution in [0.5, 0.6) is 23.0 Å². The van der Waals surface area contributed by atoms with Crippen LogP contribution >= 0.6 is 15.6 Å². The summed E-state index contributed by atoms with van der Waals surface area (Å²) < 4.78 is 58.0. The third kappa shape index (κ3) is 13.2. The van der Waals surface area contributed by atoms with Crippen LogP contribution in [0.3, 0.4) is 0 Å². The maximum atomic E-state index is 15.4. The number of fused-ring (bicyclic) bond motifs is 14. The van der Waals surface area contributed by atoms with Crippen LogP contribution in [-0.2, 0) is 9.13 Å². The van der Waals surface area contributed by atoms with E-state index in [1.807, 2.05) is 97.1 Å². The monoisotopic (exact) mass is 1730 g/mol. The van der Waals surface area contributed by atoms with Gasteiger partial charge < -0.3 is 18.1 Å². The molecule has 0 atom stereocenters. The minimum Gasteiger partial charge on any atom is -0.395 e. The van der Waals surface area contributed by atoms with Crippen LogP contribution in [0.2, 0.25) is 0 Å². The maximum Gasteiger partial charge on any atom is 0.584 e. The fourth-order valence-electron chi connectivity index (χ4n) is 20.4. The number of benzene rings is 20. The molecule has 2 aliphatic heterocycles. The molecule has 0 amide bonds. The van der Waals surface area contributed by atoms with Gasteiger partial charge in [0.1, 0.15) is 23.0 Å². The van der Waals surface area contributed by atoms with Crippen molar-refractivity contribution in [2.24, 2.45) is 0 Å². The molecule has 0 radical (unpaired) electrons. The zero-order valence-electron chi connectivity index (χ0n) is 68.4. The first kappa shape index (κ1) is 79.1. The first-order valence-electron chi connectivity index (χ1n) is 42.4. The topological polar surface area (TPSA) is 112 Å². The van der Waals surface area contributed by atoms with Gasteiger partial charge in [0.05, 0.1) is 0 Å². The largest absolute Gasteiger partial charge is 0.584 e. The molecule has 604 valence electrons. The molecule has 20 aromatic rings. The smallest absolute Gasteiger partial charge is 0.395 e. The average Bonchev–Trinajstić information content (AvgIpc) is 1.29. The van der Waals surface area contributed by atoms with E-state index in [0.29, 0.717) is 23.0 Å². The summed E-state index contributed by atoms with van der Waals surface area (Å²) in [5.41, 5.74) is 2.94. The molecule has 2 aliphatic rings. The number of hydrogen-bond donors (Lipinski definition) is 2. The molecule has 0 unspecified atom stereocenters. The van der Waals surface area contributed by atoms with E-state index in [2.05, 4.69) is 388 Å². The summed E-state index contributed by atoms with van der Waals surface area (Å²) in [5, 5.41) is 24.4. The molecule has 126 heavy (non-hydrogen) atoms. The van der Waals surface area contributed by atoms with Crippen molar-refractivity contribution in [3.63, 3.8) is 0 Å². The quantitative estimate of drug-likeness (QED) is 0.0559. The lowest BCUT2D eigenvalue weighted by Gasteiger charge is -2.36. The van der Waals surface area contributed by atoms with Gasteiger partial charge in [-0.15, -0.1) is 0 Å². The SMILES string of the molecule is O=P1(O)Oc2c([Si](c3ccccc3)(c3ccccc3)c3ccccc3)cc3ccccc3c2-c2c(c([Si](c3ccccc3)(c3ccccc3)c3ccccc3)cc3ccccc23)O1.O=P1(O)Oc2c([Si](c3ccccc3)(c3ccccc3)c3ccccc3)cc3ccccc3c2-c2c(c([Si](c3ccccc3)(c3ccccc3)c3ccccc3)cc3ccccc23)O1. The second-order valence-electron chi connectivity index (χ2n) is 32.1. The Kier molecular flexibility index (Phi) is 20.6. The standard InChI is InChI=1S/2C56H41O4PSi2/c2*57-61(58)59-55-51(62(43-25-7-1-8-26-43,44-27-9-2-10-28-44)45-29-11-3-12-30-45)39-41-23-19-21-37-49(41)53(55)54-50-38-22-20-24-42(50)40-52(56(54)60-61)63(46-31-13-4-14-32-46,47-33-15-5-16-34-47)48-35-17-6-18-36-48/h2*1-40H,(H,57,58). The molecule has 20 aromatic carbocycles. The van der Waals surface area contributed by atoms with E-state index in [-0.39, 0.29) is 0 Å². The maximum absolute atomic E-state index is 15.4. The van der Waals surface area contributed by atoms with E-state index in [0.717, 1.165) is 148 Å². The highest BCUT2D eigenvalue weighted by molar-refractivity contribution is 7.49. The van der Waals surface area contributed by atoms with Gasteiger partial charge in [0, 0.05) is 22.3 Å². The lowest BCUT2D eigenvalue weighted by molar-refractivity contribution is 0.294. The predicted octanol–water partition coefficient (Wildman–Crippen LogP) is 16.6. The molecular formula is C112H82O8P2Si4. The second kappa shape index (κ2) is 32.9.